The second-order valence-corrected chi connectivity index (χ2v) is 13.7. The third-order valence-electron chi connectivity index (χ3n) is 9.56. The molecule has 1 aliphatic carbocycles. The molecule has 3 aliphatic rings. The van der Waals surface area contributed by atoms with Crippen molar-refractivity contribution in [3.63, 3.8) is 0 Å². The Morgan fingerprint density at radius 3 is 2.34 bits per heavy atom. The predicted molar refractivity (Wildman–Crippen MR) is 186 cm³/mol. The number of amides is 5. The highest BCUT2D eigenvalue weighted by Gasteiger charge is 2.43. The number of rotatable bonds is 6. The van der Waals surface area contributed by atoms with Gasteiger partial charge in [0.2, 0.25) is 23.6 Å². The van der Waals surface area contributed by atoms with Crippen molar-refractivity contribution < 1.29 is 33.4 Å². The first-order valence-electron chi connectivity index (χ1n) is 17.7. The zero-order valence-electron chi connectivity index (χ0n) is 29.1. The highest BCUT2D eigenvalue weighted by molar-refractivity contribution is 6.01. The molecule has 2 aromatic carbocycles. The Morgan fingerprint density at radius 1 is 0.920 bits per heavy atom. The molecule has 0 aromatic heterocycles. The van der Waals surface area contributed by atoms with E-state index in [0.29, 0.717) is 25.7 Å². The van der Waals surface area contributed by atoms with E-state index in [1.165, 1.54) is 0 Å². The van der Waals surface area contributed by atoms with Gasteiger partial charge in [0, 0.05) is 26.2 Å². The zero-order valence-corrected chi connectivity index (χ0v) is 29.1. The molecule has 270 valence electrons. The van der Waals surface area contributed by atoms with Crippen LogP contribution in [0.1, 0.15) is 73.9 Å². The minimum atomic E-state index is -1.25. The smallest absolute Gasteiger partial charge is 0.255 e. The molecule has 2 heterocycles. The molecular weight excluding hydrogens is 640 g/mol. The number of para-hydroxylation sites is 1. The van der Waals surface area contributed by atoms with E-state index < -0.39 is 47.7 Å². The topological polar surface area (TPSA) is 167 Å². The number of carbonyl (C=O) groups is 5. The van der Waals surface area contributed by atoms with Gasteiger partial charge in [-0.25, -0.2) is 0 Å². The maximum Gasteiger partial charge on any atom is 0.255 e. The van der Waals surface area contributed by atoms with Crippen molar-refractivity contribution in [3.8, 4) is 5.75 Å². The van der Waals surface area contributed by atoms with Crippen LogP contribution in [0.5, 0.6) is 5.75 Å². The molecule has 5 N–H and O–H groups in total. The second kappa shape index (κ2) is 17.4. The van der Waals surface area contributed by atoms with Crippen LogP contribution in [0.25, 0.3) is 0 Å². The predicted octanol–water partition coefficient (Wildman–Crippen LogP) is 1.79. The molecule has 2 aromatic rings. The van der Waals surface area contributed by atoms with Gasteiger partial charge in [-0.3, -0.25) is 28.9 Å². The number of hydrogen-bond acceptors (Lipinski definition) is 8. The van der Waals surface area contributed by atoms with E-state index >= 15 is 0 Å². The van der Waals surface area contributed by atoms with E-state index in [9.17, 15) is 24.0 Å². The lowest BCUT2D eigenvalue weighted by molar-refractivity contribution is -0.138. The average Bonchev–Trinajstić information content (AvgIpc) is 3.12. The van der Waals surface area contributed by atoms with Crippen molar-refractivity contribution in [1.82, 2.24) is 31.5 Å². The molecule has 2 aliphatic heterocycles. The molecule has 0 bridgehead atoms. The van der Waals surface area contributed by atoms with Crippen LogP contribution in [-0.4, -0.2) is 91.5 Å². The molecule has 50 heavy (non-hydrogen) atoms. The monoisotopic (exact) mass is 690 g/mol. The SMILES string of the molecule is CC(C)[C@H]1NC(=O)C2(CCCCC2)NC(=O)C[C@@H](C(=O)NCc2ccc(CN3CCOCC3)cc2)NC(=O)c2ccccc2OCCNC1=O. The summed E-state index contributed by atoms with van der Waals surface area (Å²) in [5.74, 6) is -2.47. The first-order chi connectivity index (χ1) is 24.1. The molecular formula is C37H50N6O7. The van der Waals surface area contributed by atoms with Gasteiger partial charge in [-0.15, -0.1) is 0 Å². The molecule has 1 spiro atoms. The molecule has 13 nitrogen and oxygen atoms in total. The molecule has 5 rings (SSSR count). The van der Waals surface area contributed by atoms with Crippen molar-refractivity contribution in [1.29, 1.82) is 0 Å². The second-order valence-electron chi connectivity index (χ2n) is 13.7. The molecule has 2 atom stereocenters. The van der Waals surface area contributed by atoms with E-state index in [4.69, 9.17) is 9.47 Å². The molecule has 2 fully saturated rings. The van der Waals surface area contributed by atoms with Crippen LogP contribution >= 0.6 is 0 Å². The summed E-state index contributed by atoms with van der Waals surface area (Å²) in [6.07, 6.45) is 2.72. The number of fused-ring (bicyclic) bond motifs is 1. The summed E-state index contributed by atoms with van der Waals surface area (Å²) in [5.41, 5.74) is 0.947. The van der Waals surface area contributed by atoms with Gasteiger partial charge in [0.1, 0.15) is 30.0 Å². The normalized spacial score (nSPS) is 22.6. The third kappa shape index (κ3) is 9.81. The number of benzene rings is 2. The van der Waals surface area contributed by atoms with E-state index in [0.717, 1.165) is 50.4 Å². The first-order valence-corrected chi connectivity index (χ1v) is 17.7. The summed E-state index contributed by atoms with van der Waals surface area (Å²) in [6.45, 7) is 8.10. The number of nitrogens with one attached hydrogen (secondary N) is 5. The Balaban J connectivity index is 1.35. The van der Waals surface area contributed by atoms with E-state index in [2.05, 4.69) is 31.5 Å². The number of hydrogen-bond donors (Lipinski definition) is 5. The summed E-state index contributed by atoms with van der Waals surface area (Å²) in [4.78, 5) is 70.4. The van der Waals surface area contributed by atoms with Crippen molar-refractivity contribution in [2.24, 2.45) is 5.92 Å². The molecule has 0 unspecified atom stereocenters. The fraction of sp³-hybridized carbons (Fsp3) is 0.541. The Kier molecular flexibility index (Phi) is 12.8. The third-order valence-corrected chi connectivity index (χ3v) is 9.56. The number of ether oxygens (including phenoxy) is 2. The average molecular weight is 691 g/mol. The summed E-state index contributed by atoms with van der Waals surface area (Å²) in [6, 6.07) is 12.5. The number of carbonyl (C=O) groups excluding carboxylic acids is 5. The van der Waals surface area contributed by atoms with Gasteiger partial charge in [0.05, 0.1) is 31.7 Å². The fourth-order valence-corrected chi connectivity index (χ4v) is 6.64. The lowest BCUT2D eigenvalue weighted by atomic mass is 9.80. The van der Waals surface area contributed by atoms with Crippen LogP contribution in [0.4, 0.5) is 0 Å². The number of nitrogens with zero attached hydrogens (tertiary/aromatic N) is 1. The van der Waals surface area contributed by atoms with Crippen LogP contribution in [0, 0.1) is 5.92 Å². The summed E-state index contributed by atoms with van der Waals surface area (Å²) in [7, 11) is 0. The lowest BCUT2D eigenvalue weighted by Gasteiger charge is -2.38. The molecule has 0 radical (unpaired) electrons. The maximum absolute atomic E-state index is 13.9. The van der Waals surface area contributed by atoms with Crippen LogP contribution < -0.4 is 31.3 Å². The quantitative estimate of drug-likeness (QED) is 0.306. The molecule has 5 amide bonds. The minimum absolute atomic E-state index is 0.0634. The summed E-state index contributed by atoms with van der Waals surface area (Å²) >= 11 is 0. The zero-order chi connectivity index (χ0) is 35.5. The number of morpholine rings is 1. The molecule has 1 saturated carbocycles. The van der Waals surface area contributed by atoms with Crippen molar-refractivity contribution >= 4 is 29.5 Å². The molecule has 13 heteroatoms. The van der Waals surface area contributed by atoms with Gasteiger partial charge in [0.15, 0.2) is 0 Å². The van der Waals surface area contributed by atoms with Gasteiger partial charge in [0.25, 0.3) is 5.91 Å². The van der Waals surface area contributed by atoms with Crippen molar-refractivity contribution in [3.05, 3.63) is 65.2 Å². The van der Waals surface area contributed by atoms with Gasteiger partial charge < -0.3 is 36.1 Å². The summed E-state index contributed by atoms with van der Waals surface area (Å²) in [5, 5.41) is 14.3. The Bertz CT molecular complexity index is 1500. The summed E-state index contributed by atoms with van der Waals surface area (Å²) < 4.78 is 11.3. The molecule has 1 saturated heterocycles. The van der Waals surface area contributed by atoms with Crippen molar-refractivity contribution in [2.45, 2.75) is 83.1 Å². The maximum atomic E-state index is 13.9. The van der Waals surface area contributed by atoms with Gasteiger partial charge in [-0.2, -0.15) is 0 Å². The van der Waals surface area contributed by atoms with Gasteiger partial charge in [-0.05, 0) is 42.0 Å². The Labute approximate surface area is 293 Å². The van der Waals surface area contributed by atoms with Crippen molar-refractivity contribution in [2.75, 3.05) is 39.5 Å². The largest absolute Gasteiger partial charge is 0.491 e. The minimum Gasteiger partial charge on any atom is -0.491 e. The fourth-order valence-electron chi connectivity index (χ4n) is 6.64. The van der Waals surface area contributed by atoms with E-state index in [1.54, 1.807) is 24.3 Å². The van der Waals surface area contributed by atoms with Crippen LogP contribution in [0.15, 0.2) is 48.5 Å². The van der Waals surface area contributed by atoms with Crippen LogP contribution in [0.3, 0.4) is 0 Å². The van der Waals surface area contributed by atoms with Gasteiger partial charge in [-0.1, -0.05) is 69.5 Å². The van der Waals surface area contributed by atoms with E-state index in [1.807, 2.05) is 38.1 Å². The standard InChI is InChI=1S/C37H50N6O7/c1-25(2)32-35(47)38-16-19-50-30-9-5-4-8-28(30)33(45)40-29(22-31(44)42-37(36(48)41-32)14-6-3-7-15-37)34(46)39-23-26-10-12-27(13-11-26)24-43-17-20-49-21-18-43/h4-5,8-13,25,29,32H,3,6-7,14-24H2,1-2H3,(H,38,47)(H,39,46)(H,40,45)(H,41,48)(H,42,44)/t29-,32+/m0/s1. The Morgan fingerprint density at radius 2 is 1.62 bits per heavy atom. The highest BCUT2D eigenvalue weighted by Crippen LogP contribution is 2.29. The van der Waals surface area contributed by atoms with Crippen LogP contribution in [0.2, 0.25) is 0 Å². The highest BCUT2D eigenvalue weighted by atomic mass is 16.5. The van der Waals surface area contributed by atoms with E-state index in [-0.39, 0.29) is 42.8 Å². The van der Waals surface area contributed by atoms with Gasteiger partial charge >= 0.3 is 0 Å². The lowest BCUT2D eigenvalue weighted by Crippen LogP contribution is -2.64. The van der Waals surface area contributed by atoms with Crippen LogP contribution in [-0.2, 0) is 37.0 Å². The Hall–Kier alpha value is -4.49. The first kappa shape index (κ1) is 36.8.